The maximum Gasteiger partial charge on any atom is 0.396 e. The van der Waals surface area contributed by atoms with Crippen LogP contribution in [0.2, 0.25) is 5.02 Å². The average molecular weight is 414 g/mol. The molecule has 0 saturated carbocycles. The first kappa shape index (κ1) is 18.9. The van der Waals surface area contributed by atoms with Gasteiger partial charge in [-0.2, -0.15) is 13.2 Å². The first-order valence-electron chi connectivity index (χ1n) is 8.77. The highest BCUT2D eigenvalue weighted by Gasteiger charge is 2.31. The van der Waals surface area contributed by atoms with Gasteiger partial charge in [0.05, 0.1) is 0 Å². The van der Waals surface area contributed by atoms with Gasteiger partial charge in [0, 0.05) is 13.1 Å². The largest absolute Gasteiger partial charge is 0.396 e. The minimum Gasteiger partial charge on any atom is -0.355 e. The Labute approximate surface area is 163 Å². The van der Waals surface area contributed by atoms with Crippen LogP contribution in [0.15, 0.2) is 30.6 Å². The lowest BCUT2D eigenvalue weighted by molar-refractivity contribution is -0.128. The highest BCUT2D eigenvalue weighted by Crippen LogP contribution is 2.34. The van der Waals surface area contributed by atoms with Crippen LogP contribution in [0.5, 0.6) is 0 Å². The van der Waals surface area contributed by atoms with E-state index >= 15 is 0 Å². The molecule has 1 aliphatic rings. The quantitative estimate of drug-likeness (QED) is 0.597. The van der Waals surface area contributed by atoms with Crippen molar-refractivity contribution in [1.29, 1.82) is 0 Å². The second-order valence-corrected chi connectivity index (χ2v) is 7.17. The van der Waals surface area contributed by atoms with Crippen molar-refractivity contribution in [2.24, 2.45) is 0 Å². The van der Waals surface area contributed by atoms with Gasteiger partial charge in [0.25, 0.3) is 0 Å². The number of fused-ring (bicyclic) bond motifs is 1. The van der Waals surface area contributed by atoms with E-state index in [4.69, 9.17) is 11.6 Å². The molecule has 0 amide bonds. The predicted molar refractivity (Wildman–Crippen MR) is 96.1 cm³/mol. The molecule has 3 aromatic rings. The highest BCUT2D eigenvalue weighted by molar-refractivity contribution is 6.35. The van der Waals surface area contributed by atoms with Crippen molar-refractivity contribution in [3.05, 3.63) is 52.8 Å². The molecule has 4 rings (SSSR count). The number of hydrogen-bond acceptors (Lipinski definition) is 4. The van der Waals surface area contributed by atoms with Crippen LogP contribution in [-0.2, 0) is 6.42 Å². The van der Waals surface area contributed by atoms with Gasteiger partial charge in [-0.15, -0.1) is 10.2 Å². The van der Waals surface area contributed by atoms with Crippen LogP contribution in [0, 0.1) is 5.82 Å². The van der Waals surface area contributed by atoms with Gasteiger partial charge in [0.2, 0.25) is 0 Å². The number of piperidine rings is 1. The van der Waals surface area contributed by atoms with Crippen molar-refractivity contribution in [2.75, 3.05) is 18.0 Å². The number of halogens is 5. The summed E-state index contributed by atoms with van der Waals surface area (Å²) in [4.78, 5) is 6.25. The summed E-state index contributed by atoms with van der Waals surface area (Å²) in [5.41, 5.74) is 1.25. The van der Waals surface area contributed by atoms with Crippen molar-refractivity contribution < 1.29 is 17.6 Å². The molecule has 0 radical (unpaired) electrons. The van der Waals surface area contributed by atoms with E-state index in [1.165, 1.54) is 22.9 Å². The van der Waals surface area contributed by atoms with Crippen LogP contribution in [0.3, 0.4) is 0 Å². The molecule has 0 bridgehead atoms. The van der Waals surface area contributed by atoms with E-state index in [-0.39, 0.29) is 22.3 Å². The molecular formula is C18H16ClF4N5. The van der Waals surface area contributed by atoms with Crippen LogP contribution in [-0.4, -0.2) is 38.8 Å². The second-order valence-electron chi connectivity index (χ2n) is 6.80. The first-order chi connectivity index (χ1) is 13.3. The summed E-state index contributed by atoms with van der Waals surface area (Å²) in [5, 5.41) is 7.60. The van der Waals surface area contributed by atoms with Crippen LogP contribution in [0.1, 0.15) is 30.1 Å². The zero-order valence-electron chi connectivity index (χ0n) is 14.6. The summed E-state index contributed by atoms with van der Waals surface area (Å²) < 4.78 is 52.2. The van der Waals surface area contributed by atoms with Crippen LogP contribution in [0.25, 0.3) is 5.65 Å². The van der Waals surface area contributed by atoms with Gasteiger partial charge in [-0.05, 0) is 36.5 Å². The van der Waals surface area contributed by atoms with Gasteiger partial charge < -0.3 is 4.90 Å². The SMILES string of the molecule is Fc1ccc(C2CCN(c3ncn4c(CC(F)(F)F)nnc4c3Cl)CC2)cc1. The number of benzene rings is 1. The van der Waals surface area contributed by atoms with E-state index in [2.05, 4.69) is 15.2 Å². The summed E-state index contributed by atoms with van der Waals surface area (Å²) in [6.45, 7) is 1.35. The maximum atomic E-state index is 13.1. The molecule has 0 N–H and O–H groups in total. The molecule has 1 aliphatic heterocycles. The third-order valence-electron chi connectivity index (χ3n) is 4.95. The molecule has 1 fully saturated rings. The Hall–Kier alpha value is -2.42. The molecule has 148 valence electrons. The Morgan fingerprint density at radius 1 is 1.07 bits per heavy atom. The summed E-state index contributed by atoms with van der Waals surface area (Å²) in [7, 11) is 0. The lowest BCUT2D eigenvalue weighted by Gasteiger charge is -2.33. The van der Waals surface area contributed by atoms with Gasteiger partial charge in [-0.1, -0.05) is 23.7 Å². The van der Waals surface area contributed by atoms with Gasteiger partial charge in [0.1, 0.15) is 29.4 Å². The minimum atomic E-state index is -4.39. The van der Waals surface area contributed by atoms with Crippen LogP contribution < -0.4 is 4.90 Å². The van der Waals surface area contributed by atoms with Crippen molar-refractivity contribution in [1.82, 2.24) is 19.6 Å². The lowest BCUT2D eigenvalue weighted by Crippen LogP contribution is -2.33. The number of nitrogens with zero attached hydrogens (tertiary/aromatic N) is 5. The molecule has 1 saturated heterocycles. The molecule has 0 aliphatic carbocycles. The molecule has 2 aromatic heterocycles. The highest BCUT2D eigenvalue weighted by atomic mass is 35.5. The number of aromatic nitrogens is 4. The fraction of sp³-hybridized carbons (Fsp3) is 0.389. The Morgan fingerprint density at radius 2 is 1.75 bits per heavy atom. The number of anilines is 1. The Bertz CT molecular complexity index is 978. The molecule has 5 nitrogen and oxygen atoms in total. The molecular weight excluding hydrogens is 398 g/mol. The third-order valence-corrected chi connectivity index (χ3v) is 5.29. The average Bonchev–Trinajstić information content (AvgIpc) is 3.05. The minimum absolute atomic E-state index is 0.159. The Kier molecular flexibility index (Phi) is 4.86. The molecule has 3 heterocycles. The first-order valence-corrected chi connectivity index (χ1v) is 9.15. The van der Waals surface area contributed by atoms with Gasteiger partial charge >= 0.3 is 6.18 Å². The van der Waals surface area contributed by atoms with E-state index < -0.39 is 12.6 Å². The van der Waals surface area contributed by atoms with E-state index in [0.717, 1.165) is 18.4 Å². The summed E-state index contributed by atoms with van der Waals surface area (Å²) in [6.07, 6.45) is -2.64. The van der Waals surface area contributed by atoms with Crippen molar-refractivity contribution >= 4 is 23.1 Å². The Morgan fingerprint density at radius 3 is 2.39 bits per heavy atom. The normalized spacial score (nSPS) is 16.1. The van der Waals surface area contributed by atoms with Gasteiger partial charge in [-0.3, -0.25) is 4.40 Å². The predicted octanol–water partition coefficient (Wildman–Crippen LogP) is 4.41. The van der Waals surface area contributed by atoms with Gasteiger partial charge in [0.15, 0.2) is 11.5 Å². The summed E-state index contributed by atoms with van der Waals surface area (Å²) in [6, 6.07) is 6.51. The topological polar surface area (TPSA) is 46.3 Å². The monoisotopic (exact) mass is 413 g/mol. The van der Waals surface area contributed by atoms with Crippen molar-refractivity contribution in [3.8, 4) is 0 Å². The second kappa shape index (κ2) is 7.20. The zero-order valence-corrected chi connectivity index (χ0v) is 15.4. The van der Waals surface area contributed by atoms with E-state index in [9.17, 15) is 17.6 Å². The number of hydrogen-bond donors (Lipinski definition) is 0. The van der Waals surface area contributed by atoms with E-state index in [0.29, 0.717) is 24.8 Å². The third kappa shape index (κ3) is 3.76. The lowest BCUT2D eigenvalue weighted by atomic mass is 9.89. The standard InChI is InChI=1S/C18H16ClF4N5/c19-15-16(24-10-28-14(9-18(21,22)23)25-26-17(15)28)27-7-5-12(6-8-27)11-1-3-13(20)4-2-11/h1-4,10,12H,5-9H2. The molecule has 28 heavy (non-hydrogen) atoms. The molecule has 10 heteroatoms. The van der Waals surface area contributed by atoms with Crippen molar-refractivity contribution in [3.63, 3.8) is 0 Å². The maximum absolute atomic E-state index is 13.1. The van der Waals surface area contributed by atoms with Crippen LogP contribution in [0.4, 0.5) is 23.4 Å². The zero-order chi connectivity index (χ0) is 19.9. The van der Waals surface area contributed by atoms with Gasteiger partial charge in [-0.25, -0.2) is 9.37 Å². The molecule has 0 spiro atoms. The number of alkyl halides is 3. The molecule has 1 aromatic carbocycles. The molecule has 0 unspecified atom stereocenters. The fourth-order valence-corrected chi connectivity index (χ4v) is 3.84. The fourth-order valence-electron chi connectivity index (χ4n) is 3.54. The summed E-state index contributed by atoms with van der Waals surface area (Å²) >= 11 is 6.38. The van der Waals surface area contributed by atoms with E-state index in [1.807, 2.05) is 4.90 Å². The molecule has 0 atom stereocenters. The van der Waals surface area contributed by atoms with Crippen LogP contribution >= 0.6 is 11.6 Å². The van der Waals surface area contributed by atoms with Crippen molar-refractivity contribution in [2.45, 2.75) is 31.4 Å². The Balaban J connectivity index is 1.52. The summed E-state index contributed by atoms with van der Waals surface area (Å²) in [5.74, 6) is 0.283. The smallest absolute Gasteiger partial charge is 0.355 e. The number of rotatable bonds is 3. The van der Waals surface area contributed by atoms with E-state index in [1.54, 1.807) is 12.1 Å².